The van der Waals surface area contributed by atoms with Gasteiger partial charge in [-0.3, -0.25) is 0 Å². The van der Waals surface area contributed by atoms with Gasteiger partial charge in [-0.05, 0) is 60.1 Å². The van der Waals surface area contributed by atoms with Crippen molar-refractivity contribution in [3.63, 3.8) is 0 Å². The van der Waals surface area contributed by atoms with Crippen LogP contribution in [0.15, 0.2) is 48.5 Å². The fourth-order valence-electron chi connectivity index (χ4n) is 2.25. The normalized spacial score (nSPS) is 13.3. The topological polar surface area (TPSA) is 27.7 Å². The zero-order valence-corrected chi connectivity index (χ0v) is 17.5. The molecule has 1 unspecified atom stereocenters. The summed E-state index contributed by atoms with van der Waals surface area (Å²) in [6.45, 7) is 11.5. The van der Waals surface area contributed by atoms with Gasteiger partial charge in [-0.15, -0.1) is 0 Å². The second kappa shape index (κ2) is 8.23. The third-order valence-electron chi connectivity index (χ3n) is 4.95. The molecule has 2 aromatic rings. The van der Waals surface area contributed by atoms with Gasteiger partial charge in [0.2, 0.25) is 0 Å². The highest BCUT2D eigenvalue weighted by Crippen LogP contribution is 2.40. The zero-order chi connectivity index (χ0) is 19.4. The Bertz CT molecular complexity index is 691. The smallest absolute Gasteiger partial charge is 0.193 e. The number of benzene rings is 2. The minimum Gasteiger partial charge on any atom is -0.497 e. The molecular formula is C21H29FO3Si. The Balaban J connectivity index is 2.20. The van der Waals surface area contributed by atoms with E-state index in [1.807, 2.05) is 24.3 Å². The molecule has 142 valence electrons. The van der Waals surface area contributed by atoms with Crippen molar-refractivity contribution in [3.8, 4) is 11.5 Å². The number of rotatable bonds is 7. The standard InChI is InChI=1S/C21H29FO3Si/c1-21(2,3)26(5,6)25-20(16-7-11-18(23-4)12-8-16)15-24-19-13-9-17(22)10-14-19/h7-14,20H,15H2,1-6H3. The van der Waals surface area contributed by atoms with E-state index in [1.54, 1.807) is 19.2 Å². The molecule has 2 rings (SSSR count). The van der Waals surface area contributed by atoms with Gasteiger partial charge >= 0.3 is 0 Å². The molecule has 2 aromatic carbocycles. The van der Waals surface area contributed by atoms with E-state index < -0.39 is 8.32 Å². The maximum atomic E-state index is 13.1. The molecule has 1 atom stereocenters. The van der Waals surface area contributed by atoms with Crippen LogP contribution in [0.5, 0.6) is 11.5 Å². The Morgan fingerprint density at radius 2 is 1.46 bits per heavy atom. The van der Waals surface area contributed by atoms with E-state index in [-0.39, 0.29) is 17.0 Å². The van der Waals surface area contributed by atoms with Crippen molar-refractivity contribution in [2.24, 2.45) is 0 Å². The van der Waals surface area contributed by atoms with E-state index >= 15 is 0 Å². The lowest BCUT2D eigenvalue weighted by molar-refractivity contribution is 0.115. The first-order valence-electron chi connectivity index (χ1n) is 8.82. The summed E-state index contributed by atoms with van der Waals surface area (Å²) in [5.74, 6) is 1.16. The minimum atomic E-state index is -1.99. The molecule has 0 heterocycles. The molecule has 0 radical (unpaired) electrons. The molecule has 5 heteroatoms. The molecule has 0 aliphatic heterocycles. The van der Waals surface area contributed by atoms with Crippen LogP contribution in [-0.4, -0.2) is 22.0 Å². The summed E-state index contributed by atoms with van der Waals surface area (Å²) >= 11 is 0. The summed E-state index contributed by atoms with van der Waals surface area (Å²) in [5.41, 5.74) is 1.04. The lowest BCUT2D eigenvalue weighted by Crippen LogP contribution is -2.42. The number of hydrogen-bond donors (Lipinski definition) is 0. The van der Waals surface area contributed by atoms with Crippen LogP contribution in [0.2, 0.25) is 18.1 Å². The Morgan fingerprint density at radius 3 is 1.96 bits per heavy atom. The van der Waals surface area contributed by atoms with E-state index in [2.05, 4.69) is 33.9 Å². The number of hydrogen-bond acceptors (Lipinski definition) is 3. The van der Waals surface area contributed by atoms with Crippen LogP contribution in [0.1, 0.15) is 32.4 Å². The quantitative estimate of drug-likeness (QED) is 0.557. The van der Waals surface area contributed by atoms with E-state index in [4.69, 9.17) is 13.9 Å². The molecule has 0 bridgehead atoms. The van der Waals surface area contributed by atoms with Crippen molar-refractivity contribution in [1.82, 2.24) is 0 Å². The van der Waals surface area contributed by atoms with Gasteiger partial charge in [0.25, 0.3) is 0 Å². The van der Waals surface area contributed by atoms with Gasteiger partial charge in [0.05, 0.1) is 7.11 Å². The SMILES string of the molecule is COc1ccc(C(COc2ccc(F)cc2)O[Si](C)(C)C(C)(C)C)cc1. The summed E-state index contributed by atoms with van der Waals surface area (Å²) < 4.78 is 30.8. The second-order valence-corrected chi connectivity index (χ2v) is 12.7. The third-order valence-corrected chi connectivity index (χ3v) is 9.43. The number of ether oxygens (including phenoxy) is 2. The average molecular weight is 377 g/mol. The highest BCUT2D eigenvalue weighted by molar-refractivity contribution is 6.74. The molecule has 26 heavy (non-hydrogen) atoms. The van der Waals surface area contributed by atoms with Gasteiger partial charge in [0, 0.05) is 0 Å². The fourth-order valence-corrected chi connectivity index (χ4v) is 3.52. The summed E-state index contributed by atoms with van der Waals surface area (Å²) in [6, 6.07) is 13.9. The highest BCUT2D eigenvalue weighted by atomic mass is 28.4. The predicted molar refractivity (Wildman–Crippen MR) is 106 cm³/mol. The summed E-state index contributed by atoms with van der Waals surface area (Å²) in [6.07, 6.45) is -0.202. The van der Waals surface area contributed by atoms with Crippen LogP contribution in [0.25, 0.3) is 0 Å². The van der Waals surface area contributed by atoms with Crippen LogP contribution >= 0.6 is 0 Å². The van der Waals surface area contributed by atoms with E-state index in [0.29, 0.717) is 12.4 Å². The van der Waals surface area contributed by atoms with Crippen molar-refractivity contribution in [1.29, 1.82) is 0 Å². The molecule has 0 aliphatic rings. The van der Waals surface area contributed by atoms with Gasteiger partial charge < -0.3 is 13.9 Å². The largest absolute Gasteiger partial charge is 0.497 e. The molecule has 0 saturated carbocycles. The summed E-state index contributed by atoms with van der Waals surface area (Å²) in [5, 5.41) is 0.0909. The molecule has 0 saturated heterocycles. The van der Waals surface area contributed by atoms with E-state index in [1.165, 1.54) is 12.1 Å². The molecular weight excluding hydrogens is 347 g/mol. The van der Waals surface area contributed by atoms with Gasteiger partial charge in [-0.2, -0.15) is 0 Å². The Morgan fingerprint density at radius 1 is 0.923 bits per heavy atom. The summed E-state index contributed by atoms with van der Waals surface area (Å²) in [4.78, 5) is 0. The maximum Gasteiger partial charge on any atom is 0.193 e. The lowest BCUT2D eigenvalue weighted by atomic mass is 10.1. The van der Waals surface area contributed by atoms with Gasteiger partial charge in [0.1, 0.15) is 30.0 Å². The second-order valence-electron chi connectivity index (χ2n) is 7.90. The molecule has 0 fully saturated rings. The summed E-state index contributed by atoms with van der Waals surface area (Å²) in [7, 11) is -0.342. The highest BCUT2D eigenvalue weighted by Gasteiger charge is 2.39. The van der Waals surface area contributed by atoms with Crippen LogP contribution < -0.4 is 9.47 Å². The average Bonchev–Trinajstić information content (AvgIpc) is 2.59. The van der Waals surface area contributed by atoms with Crippen molar-refractivity contribution in [2.75, 3.05) is 13.7 Å². The molecule has 0 aliphatic carbocycles. The van der Waals surface area contributed by atoms with E-state index in [9.17, 15) is 4.39 Å². The predicted octanol–water partition coefficient (Wildman–Crippen LogP) is 5.98. The Kier molecular flexibility index (Phi) is 6.47. The first-order chi connectivity index (χ1) is 12.1. The van der Waals surface area contributed by atoms with Crippen LogP contribution in [0.3, 0.4) is 0 Å². The molecule has 3 nitrogen and oxygen atoms in total. The van der Waals surface area contributed by atoms with Crippen molar-refractivity contribution in [2.45, 2.75) is 45.0 Å². The zero-order valence-electron chi connectivity index (χ0n) is 16.5. The van der Waals surface area contributed by atoms with Crippen LogP contribution in [-0.2, 0) is 4.43 Å². The molecule has 0 aromatic heterocycles. The number of halogens is 1. The van der Waals surface area contributed by atoms with Crippen molar-refractivity contribution < 1.29 is 18.3 Å². The Hall–Kier alpha value is -1.85. The number of methoxy groups -OCH3 is 1. The first kappa shape index (κ1) is 20.5. The van der Waals surface area contributed by atoms with Crippen molar-refractivity contribution >= 4 is 8.32 Å². The van der Waals surface area contributed by atoms with Crippen LogP contribution in [0, 0.1) is 5.82 Å². The van der Waals surface area contributed by atoms with E-state index in [0.717, 1.165) is 11.3 Å². The van der Waals surface area contributed by atoms with Gasteiger partial charge in [-0.25, -0.2) is 4.39 Å². The van der Waals surface area contributed by atoms with Crippen molar-refractivity contribution in [3.05, 3.63) is 59.9 Å². The van der Waals surface area contributed by atoms with Crippen LogP contribution in [0.4, 0.5) is 4.39 Å². The lowest BCUT2D eigenvalue weighted by Gasteiger charge is -2.39. The first-order valence-corrected chi connectivity index (χ1v) is 11.7. The Labute approximate surface area is 157 Å². The molecule has 0 amide bonds. The fraction of sp³-hybridized carbons (Fsp3) is 0.429. The van der Waals surface area contributed by atoms with Gasteiger partial charge in [-0.1, -0.05) is 32.9 Å². The monoisotopic (exact) mass is 376 g/mol. The minimum absolute atomic E-state index is 0.0909. The van der Waals surface area contributed by atoms with Gasteiger partial charge in [0.15, 0.2) is 8.32 Å². The molecule has 0 N–H and O–H groups in total. The third kappa shape index (κ3) is 5.32. The molecule has 0 spiro atoms. The maximum absolute atomic E-state index is 13.1.